The molecule has 1 rings (SSSR count). The van der Waals surface area contributed by atoms with E-state index in [-0.39, 0.29) is 0 Å². The van der Waals surface area contributed by atoms with E-state index in [1.807, 2.05) is 0 Å². The number of nitrogens with one attached hydrogen (secondary N) is 2. The fourth-order valence-electron chi connectivity index (χ4n) is 4.57. The van der Waals surface area contributed by atoms with Crippen LogP contribution in [0.5, 0.6) is 0 Å². The second-order valence-corrected chi connectivity index (χ2v) is 10.6. The van der Waals surface area contributed by atoms with Gasteiger partial charge in [-0.05, 0) is 37.3 Å². The van der Waals surface area contributed by atoms with Crippen molar-refractivity contribution in [2.45, 2.75) is 142 Å². The van der Waals surface area contributed by atoms with Gasteiger partial charge in [0.15, 0.2) is 10.2 Å². The van der Waals surface area contributed by atoms with Crippen molar-refractivity contribution in [3.8, 4) is 0 Å². The van der Waals surface area contributed by atoms with E-state index >= 15 is 0 Å². The minimum Gasteiger partial charge on any atom is -0.344 e. The van der Waals surface area contributed by atoms with Gasteiger partial charge in [-0.3, -0.25) is 5.01 Å². The van der Waals surface area contributed by atoms with Gasteiger partial charge in [-0.2, -0.15) is 0 Å². The number of nitrogens with zero attached hydrogens (tertiary/aromatic N) is 2. The zero-order valence-corrected chi connectivity index (χ0v) is 23.6. The van der Waals surface area contributed by atoms with Crippen molar-refractivity contribution < 1.29 is 0 Å². The van der Waals surface area contributed by atoms with Crippen molar-refractivity contribution in [3.05, 3.63) is 0 Å². The fourth-order valence-corrected chi connectivity index (χ4v) is 5.08. The molecular weight excluding hydrogens is 444 g/mol. The lowest BCUT2D eigenvalue weighted by Crippen LogP contribution is -2.62. The maximum absolute atomic E-state index is 5.59. The Bertz CT molecular complexity index is 463. The molecule has 1 aliphatic heterocycles. The highest BCUT2D eigenvalue weighted by Crippen LogP contribution is 2.14. The average Bonchev–Trinajstić information content (AvgIpc) is 2.80. The molecule has 6 heteroatoms. The van der Waals surface area contributed by atoms with E-state index in [4.69, 9.17) is 24.4 Å². The van der Waals surface area contributed by atoms with Crippen molar-refractivity contribution in [2.24, 2.45) is 0 Å². The van der Waals surface area contributed by atoms with E-state index in [1.165, 1.54) is 128 Å². The normalized spacial score (nSPS) is 14.1. The maximum Gasteiger partial charge on any atom is 0.191 e. The smallest absolute Gasteiger partial charge is 0.191 e. The van der Waals surface area contributed by atoms with Crippen LogP contribution in [0.25, 0.3) is 0 Å². The lowest BCUT2D eigenvalue weighted by molar-refractivity contribution is 0.0345. The zero-order valence-electron chi connectivity index (χ0n) is 22.0. The van der Waals surface area contributed by atoms with Gasteiger partial charge in [0.1, 0.15) is 6.67 Å². The first-order valence-corrected chi connectivity index (χ1v) is 15.1. The van der Waals surface area contributed by atoms with Crippen LogP contribution in [-0.2, 0) is 0 Å². The Kier molecular flexibility index (Phi) is 20.4. The highest BCUT2D eigenvalue weighted by molar-refractivity contribution is 7.81. The van der Waals surface area contributed by atoms with Crippen molar-refractivity contribution >= 4 is 34.7 Å². The van der Waals surface area contributed by atoms with Crippen LogP contribution in [0.2, 0.25) is 0 Å². The number of thiocarbonyl (C=S) groups is 2. The lowest BCUT2D eigenvalue weighted by atomic mass is 10.1. The summed E-state index contributed by atoms with van der Waals surface area (Å²) < 4.78 is 0. The largest absolute Gasteiger partial charge is 0.344 e. The van der Waals surface area contributed by atoms with Crippen LogP contribution in [0.15, 0.2) is 0 Å². The molecule has 4 nitrogen and oxygen atoms in total. The summed E-state index contributed by atoms with van der Waals surface area (Å²) in [5.74, 6) is 0. The Morgan fingerprint density at radius 3 is 1.33 bits per heavy atom. The first-order chi connectivity index (χ1) is 16.2. The molecule has 1 heterocycles. The second kappa shape index (κ2) is 22.0. The monoisotopic (exact) mass is 498 g/mol. The molecule has 2 N–H and O–H groups in total. The van der Waals surface area contributed by atoms with Gasteiger partial charge in [-0.1, -0.05) is 129 Å². The Labute approximate surface area is 217 Å². The second-order valence-electron chi connectivity index (χ2n) is 9.81. The molecule has 0 aliphatic carbocycles. The van der Waals surface area contributed by atoms with Crippen LogP contribution < -0.4 is 10.6 Å². The van der Waals surface area contributed by atoms with E-state index in [9.17, 15) is 0 Å². The Balaban J connectivity index is 2.19. The minimum atomic E-state index is 0.647. The minimum absolute atomic E-state index is 0.647. The third-order valence-corrected chi connectivity index (χ3v) is 7.28. The van der Waals surface area contributed by atoms with E-state index in [0.29, 0.717) is 11.8 Å². The molecule has 33 heavy (non-hydrogen) atoms. The number of hydrogen-bond acceptors (Lipinski definition) is 3. The standard InChI is InChI=1S/C27H54N4S2/c1-3-5-7-9-11-13-15-17-19-21-23-30(31-25-28-26(32)29-27(31)33)24-22-20-18-16-14-12-10-8-6-4-2/h3-25H2,1-2H3,(H2,28,29,32,33). The van der Waals surface area contributed by atoms with E-state index < -0.39 is 0 Å². The summed E-state index contributed by atoms with van der Waals surface area (Å²) in [4.78, 5) is 0. The maximum atomic E-state index is 5.59. The molecule has 0 aromatic heterocycles. The molecular formula is C27H54N4S2. The molecule has 194 valence electrons. The first-order valence-electron chi connectivity index (χ1n) is 14.3. The van der Waals surface area contributed by atoms with Crippen LogP contribution >= 0.6 is 24.4 Å². The molecule has 1 saturated heterocycles. The SMILES string of the molecule is CCCCCCCCCCCCN(CCCCCCCCCCCC)N1CNC(=S)NC1=S. The number of hydrogen-bond donors (Lipinski definition) is 2. The van der Waals surface area contributed by atoms with E-state index in [1.54, 1.807) is 0 Å². The summed E-state index contributed by atoms with van der Waals surface area (Å²) in [6.07, 6.45) is 27.5. The molecule has 1 fully saturated rings. The quantitative estimate of drug-likeness (QED) is 0.109. The van der Waals surface area contributed by atoms with Gasteiger partial charge in [0.25, 0.3) is 0 Å². The van der Waals surface area contributed by atoms with Gasteiger partial charge < -0.3 is 10.6 Å². The van der Waals surface area contributed by atoms with Gasteiger partial charge in [-0.25, -0.2) is 5.01 Å². The molecule has 0 saturated carbocycles. The Morgan fingerprint density at radius 2 is 0.970 bits per heavy atom. The summed E-state index contributed by atoms with van der Waals surface area (Å²) in [5, 5.41) is 12.4. The molecule has 0 unspecified atom stereocenters. The van der Waals surface area contributed by atoms with E-state index in [2.05, 4.69) is 34.5 Å². The van der Waals surface area contributed by atoms with Crippen molar-refractivity contribution in [3.63, 3.8) is 0 Å². The summed E-state index contributed by atoms with van der Waals surface area (Å²) in [7, 11) is 0. The highest BCUT2D eigenvalue weighted by atomic mass is 32.1. The number of unbranched alkanes of at least 4 members (excludes halogenated alkanes) is 18. The Morgan fingerprint density at radius 1 is 0.606 bits per heavy atom. The predicted octanol–water partition coefficient (Wildman–Crippen LogP) is 8.07. The molecule has 0 radical (unpaired) electrons. The van der Waals surface area contributed by atoms with Gasteiger partial charge >= 0.3 is 0 Å². The zero-order chi connectivity index (χ0) is 24.0. The van der Waals surface area contributed by atoms with Crippen molar-refractivity contribution in [1.29, 1.82) is 0 Å². The molecule has 1 aliphatic rings. The van der Waals surface area contributed by atoms with Crippen LogP contribution in [0, 0.1) is 0 Å². The van der Waals surface area contributed by atoms with Gasteiger partial charge in [0.05, 0.1) is 0 Å². The van der Waals surface area contributed by atoms with Crippen molar-refractivity contribution in [2.75, 3.05) is 19.8 Å². The summed E-state index contributed by atoms with van der Waals surface area (Å²) in [6.45, 7) is 7.45. The van der Waals surface area contributed by atoms with Crippen LogP contribution in [0.4, 0.5) is 0 Å². The molecule has 0 amide bonds. The predicted molar refractivity (Wildman–Crippen MR) is 153 cm³/mol. The third-order valence-electron chi connectivity index (χ3n) is 6.73. The van der Waals surface area contributed by atoms with Crippen molar-refractivity contribution in [1.82, 2.24) is 20.7 Å². The Hall–Kier alpha value is -0.460. The van der Waals surface area contributed by atoms with Crippen LogP contribution in [0.1, 0.15) is 142 Å². The lowest BCUT2D eigenvalue weighted by Gasteiger charge is -2.40. The topological polar surface area (TPSA) is 30.5 Å². The highest BCUT2D eigenvalue weighted by Gasteiger charge is 2.22. The summed E-state index contributed by atoms with van der Waals surface area (Å²) in [6, 6.07) is 0. The molecule has 0 spiro atoms. The summed E-state index contributed by atoms with van der Waals surface area (Å²) >= 11 is 10.8. The molecule has 0 aromatic rings. The third kappa shape index (κ3) is 16.7. The van der Waals surface area contributed by atoms with Crippen LogP contribution in [-0.4, -0.2) is 40.0 Å². The van der Waals surface area contributed by atoms with Gasteiger partial charge in [0, 0.05) is 13.1 Å². The average molecular weight is 499 g/mol. The van der Waals surface area contributed by atoms with E-state index in [0.717, 1.165) is 18.2 Å². The molecule has 0 bridgehead atoms. The summed E-state index contributed by atoms with van der Waals surface area (Å²) in [5.41, 5.74) is 0. The molecule has 0 aromatic carbocycles. The van der Waals surface area contributed by atoms with Gasteiger partial charge in [0.2, 0.25) is 0 Å². The van der Waals surface area contributed by atoms with Gasteiger partial charge in [-0.15, -0.1) is 0 Å². The number of rotatable bonds is 23. The first kappa shape index (κ1) is 30.6. The fraction of sp³-hybridized carbons (Fsp3) is 0.926. The van der Waals surface area contributed by atoms with Crippen LogP contribution in [0.3, 0.4) is 0 Å². The number of hydrazine groups is 1. The molecule has 0 atom stereocenters.